The molecule has 0 fully saturated rings. The molecule has 0 saturated carbocycles. The third kappa shape index (κ3) is 4.87. The van der Waals surface area contributed by atoms with E-state index in [2.05, 4.69) is 15.7 Å². The topological polar surface area (TPSA) is 59.0 Å². The first-order valence-corrected chi connectivity index (χ1v) is 7.32. The Morgan fingerprint density at radius 3 is 2.59 bits per heavy atom. The van der Waals surface area contributed by atoms with E-state index in [0.29, 0.717) is 13.1 Å². The summed E-state index contributed by atoms with van der Waals surface area (Å²) in [7, 11) is 0. The molecule has 2 aromatic rings. The third-order valence-electron chi connectivity index (χ3n) is 3.30. The van der Waals surface area contributed by atoms with Crippen LogP contribution in [0.2, 0.25) is 0 Å². The average molecular weight is 304 g/mol. The van der Waals surface area contributed by atoms with Gasteiger partial charge in [-0.15, -0.1) is 0 Å². The lowest BCUT2D eigenvalue weighted by Gasteiger charge is -2.08. The number of halogens is 1. The number of hydrogen-bond donors (Lipinski definition) is 2. The third-order valence-corrected chi connectivity index (χ3v) is 3.30. The van der Waals surface area contributed by atoms with Crippen LogP contribution in [0.15, 0.2) is 30.3 Å². The Balaban J connectivity index is 1.63. The van der Waals surface area contributed by atoms with Crippen molar-refractivity contribution in [3.63, 3.8) is 0 Å². The Kier molecular flexibility index (Phi) is 5.52. The lowest BCUT2D eigenvalue weighted by molar-refractivity contribution is 0.240. The van der Waals surface area contributed by atoms with Crippen LogP contribution < -0.4 is 10.6 Å². The van der Waals surface area contributed by atoms with Gasteiger partial charge >= 0.3 is 6.03 Å². The summed E-state index contributed by atoms with van der Waals surface area (Å²) in [5, 5.41) is 9.90. The highest BCUT2D eigenvalue weighted by Crippen LogP contribution is 2.03. The molecule has 0 aliphatic carbocycles. The minimum atomic E-state index is -0.280. The number of nitrogens with one attached hydrogen (secondary N) is 2. The largest absolute Gasteiger partial charge is 0.338 e. The summed E-state index contributed by atoms with van der Waals surface area (Å²) in [6.07, 6.45) is 0.811. The number of aromatic nitrogens is 2. The molecule has 5 nitrogen and oxygen atoms in total. The van der Waals surface area contributed by atoms with Gasteiger partial charge in [-0.25, -0.2) is 9.18 Å². The van der Waals surface area contributed by atoms with Gasteiger partial charge in [0.15, 0.2) is 0 Å². The Labute approximate surface area is 129 Å². The fraction of sp³-hybridized carbons (Fsp3) is 0.375. The van der Waals surface area contributed by atoms with E-state index in [9.17, 15) is 9.18 Å². The molecule has 0 aliphatic heterocycles. The van der Waals surface area contributed by atoms with Crippen molar-refractivity contribution in [2.24, 2.45) is 0 Å². The summed E-state index contributed by atoms with van der Waals surface area (Å²) in [5.74, 6) is -0.280. The smallest absolute Gasteiger partial charge is 0.315 e. The predicted octanol–water partition coefficient (Wildman–Crippen LogP) is 2.53. The maximum atomic E-state index is 12.8. The second-order valence-electron chi connectivity index (χ2n) is 5.24. The second-order valence-corrected chi connectivity index (χ2v) is 5.24. The number of carbonyl (C=O) groups is 1. The first-order valence-electron chi connectivity index (χ1n) is 7.32. The number of hydrogen-bond acceptors (Lipinski definition) is 2. The first-order chi connectivity index (χ1) is 10.5. The molecule has 22 heavy (non-hydrogen) atoms. The van der Waals surface area contributed by atoms with Crippen LogP contribution in [0.25, 0.3) is 0 Å². The molecular formula is C16H21FN4O. The molecule has 2 amide bonds. The number of benzene rings is 1. The van der Waals surface area contributed by atoms with Crippen LogP contribution in [0.5, 0.6) is 0 Å². The van der Waals surface area contributed by atoms with Crippen molar-refractivity contribution in [1.82, 2.24) is 20.4 Å². The zero-order valence-electron chi connectivity index (χ0n) is 12.9. The standard InChI is InChI=1S/C16H21FN4O/c1-12-10-13(2)21(20-12)9-3-8-18-16(22)19-11-14-4-6-15(17)7-5-14/h4-7,10H,3,8-9,11H2,1-2H3,(H2,18,19,22). The van der Waals surface area contributed by atoms with E-state index >= 15 is 0 Å². The Hall–Kier alpha value is -2.37. The average Bonchev–Trinajstić information content (AvgIpc) is 2.81. The fourth-order valence-corrected chi connectivity index (χ4v) is 2.18. The number of aryl methyl sites for hydroxylation is 3. The monoisotopic (exact) mass is 304 g/mol. The number of rotatable bonds is 6. The number of nitrogens with zero attached hydrogens (tertiary/aromatic N) is 2. The summed E-state index contributed by atoms with van der Waals surface area (Å²) in [5.41, 5.74) is 2.99. The quantitative estimate of drug-likeness (QED) is 0.806. The molecule has 0 spiro atoms. The maximum Gasteiger partial charge on any atom is 0.315 e. The molecule has 2 N–H and O–H groups in total. The van der Waals surface area contributed by atoms with Crippen molar-refractivity contribution < 1.29 is 9.18 Å². The van der Waals surface area contributed by atoms with E-state index in [1.54, 1.807) is 12.1 Å². The second kappa shape index (κ2) is 7.59. The highest BCUT2D eigenvalue weighted by molar-refractivity contribution is 5.73. The van der Waals surface area contributed by atoms with Gasteiger partial charge in [-0.05, 0) is 44.0 Å². The summed E-state index contributed by atoms with van der Waals surface area (Å²) in [4.78, 5) is 11.6. The van der Waals surface area contributed by atoms with Gasteiger partial charge in [-0.3, -0.25) is 4.68 Å². The summed E-state index contributed by atoms with van der Waals surface area (Å²) in [6.45, 7) is 5.71. The molecule has 0 unspecified atom stereocenters. The fourth-order valence-electron chi connectivity index (χ4n) is 2.18. The SMILES string of the molecule is Cc1cc(C)n(CCCNC(=O)NCc2ccc(F)cc2)n1. The van der Waals surface area contributed by atoms with E-state index in [-0.39, 0.29) is 11.8 Å². The molecular weight excluding hydrogens is 283 g/mol. The predicted molar refractivity (Wildman–Crippen MR) is 83.0 cm³/mol. The normalized spacial score (nSPS) is 10.5. The van der Waals surface area contributed by atoms with E-state index < -0.39 is 0 Å². The number of amides is 2. The van der Waals surface area contributed by atoms with Crippen LogP contribution in [0, 0.1) is 19.7 Å². The zero-order chi connectivity index (χ0) is 15.9. The van der Waals surface area contributed by atoms with E-state index in [0.717, 1.165) is 29.9 Å². The molecule has 0 radical (unpaired) electrons. The molecule has 0 saturated heterocycles. The van der Waals surface area contributed by atoms with Crippen LogP contribution in [0.1, 0.15) is 23.4 Å². The summed E-state index contributed by atoms with van der Waals surface area (Å²) >= 11 is 0. The minimum Gasteiger partial charge on any atom is -0.338 e. The Bertz CT molecular complexity index is 622. The van der Waals surface area contributed by atoms with Gasteiger partial charge in [-0.1, -0.05) is 12.1 Å². The van der Waals surface area contributed by atoms with Gasteiger partial charge in [0, 0.05) is 25.3 Å². The molecule has 0 bridgehead atoms. The lowest BCUT2D eigenvalue weighted by atomic mass is 10.2. The first kappa shape index (κ1) is 16.0. The Morgan fingerprint density at radius 1 is 1.23 bits per heavy atom. The minimum absolute atomic E-state index is 0.224. The van der Waals surface area contributed by atoms with Crippen molar-refractivity contribution in [2.45, 2.75) is 33.4 Å². The lowest BCUT2D eigenvalue weighted by Crippen LogP contribution is -2.35. The van der Waals surface area contributed by atoms with Crippen LogP contribution in [-0.4, -0.2) is 22.4 Å². The number of urea groups is 1. The van der Waals surface area contributed by atoms with Crippen molar-refractivity contribution >= 4 is 6.03 Å². The van der Waals surface area contributed by atoms with Crippen molar-refractivity contribution in [3.8, 4) is 0 Å². The van der Waals surface area contributed by atoms with Gasteiger partial charge in [0.2, 0.25) is 0 Å². The highest BCUT2D eigenvalue weighted by atomic mass is 19.1. The summed E-state index contributed by atoms with van der Waals surface area (Å²) in [6, 6.07) is 7.87. The molecule has 0 aliphatic rings. The molecule has 1 aromatic carbocycles. The van der Waals surface area contributed by atoms with Gasteiger partial charge in [0.05, 0.1) is 5.69 Å². The van der Waals surface area contributed by atoms with Crippen molar-refractivity contribution in [2.75, 3.05) is 6.54 Å². The van der Waals surface area contributed by atoms with Gasteiger partial charge in [0.25, 0.3) is 0 Å². The number of carbonyl (C=O) groups excluding carboxylic acids is 1. The molecule has 2 rings (SSSR count). The van der Waals surface area contributed by atoms with Crippen LogP contribution in [-0.2, 0) is 13.1 Å². The van der Waals surface area contributed by atoms with Gasteiger partial charge in [0.1, 0.15) is 5.82 Å². The van der Waals surface area contributed by atoms with E-state index in [1.807, 2.05) is 24.6 Å². The van der Waals surface area contributed by atoms with E-state index in [4.69, 9.17) is 0 Å². The van der Waals surface area contributed by atoms with Crippen molar-refractivity contribution in [1.29, 1.82) is 0 Å². The molecule has 6 heteroatoms. The highest BCUT2D eigenvalue weighted by Gasteiger charge is 2.02. The van der Waals surface area contributed by atoms with Crippen molar-refractivity contribution in [3.05, 3.63) is 53.1 Å². The van der Waals surface area contributed by atoms with Crippen LogP contribution >= 0.6 is 0 Å². The van der Waals surface area contributed by atoms with E-state index in [1.165, 1.54) is 12.1 Å². The van der Waals surface area contributed by atoms with Gasteiger partial charge in [-0.2, -0.15) is 5.10 Å². The molecule has 1 heterocycles. The molecule has 1 aromatic heterocycles. The van der Waals surface area contributed by atoms with Gasteiger partial charge < -0.3 is 10.6 Å². The maximum absolute atomic E-state index is 12.8. The zero-order valence-corrected chi connectivity index (χ0v) is 12.9. The molecule has 118 valence electrons. The van der Waals surface area contributed by atoms with Crippen LogP contribution in [0.3, 0.4) is 0 Å². The molecule has 0 atom stereocenters. The van der Waals surface area contributed by atoms with Crippen LogP contribution in [0.4, 0.5) is 9.18 Å². The Morgan fingerprint density at radius 2 is 1.95 bits per heavy atom. The summed E-state index contributed by atoms with van der Waals surface area (Å²) < 4.78 is 14.7.